The first-order valence-corrected chi connectivity index (χ1v) is 6.46. The van der Waals surface area contributed by atoms with Crippen LogP contribution in [0.25, 0.3) is 0 Å². The Labute approximate surface area is 115 Å². The second kappa shape index (κ2) is 7.04. The number of nitrogens with one attached hydrogen (secondary N) is 1. The molecule has 1 rings (SSSR count). The zero-order valence-corrected chi connectivity index (χ0v) is 11.5. The lowest BCUT2D eigenvalue weighted by Crippen LogP contribution is -2.35. The molecule has 2 atom stereocenters. The highest BCUT2D eigenvalue weighted by molar-refractivity contribution is 5.26. The summed E-state index contributed by atoms with van der Waals surface area (Å²) >= 11 is 0. The number of aliphatic hydroxyl groups excluding tert-OH is 1. The Bertz CT molecular complexity index is 432. The molecule has 114 valence electrons. The highest BCUT2D eigenvalue weighted by atomic mass is 19.4. The van der Waals surface area contributed by atoms with Crippen molar-refractivity contribution in [1.82, 2.24) is 5.32 Å². The summed E-state index contributed by atoms with van der Waals surface area (Å²) in [6.45, 7) is 1.65. The van der Waals surface area contributed by atoms with Crippen molar-refractivity contribution in [1.29, 1.82) is 0 Å². The molecule has 0 aliphatic rings. The molecule has 0 heterocycles. The number of benzene rings is 1. The molecule has 0 aliphatic carbocycles. The van der Waals surface area contributed by atoms with Gasteiger partial charge in [-0.2, -0.15) is 13.2 Å². The van der Waals surface area contributed by atoms with Gasteiger partial charge in [-0.3, -0.25) is 0 Å². The summed E-state index contributed by atoms with van der Waals surface area (Å²) in [4.78, 5) is 0. The lowest BCUT2D eigenvalue weighted by molar-refractivity contribution is -0.137. The van der Waals surface area contributed by atoms with Gasteiger partial charge >= 0.3 is 6.18 Å². The topological polar surface area (TPSA) is 32.3 Å². The van der Waals surface area contributed by atoms with Crippen LogP contribution in [0.2, 0.25) is 0 Å². The average molecular weight is 293 g/mol. The smallest absolute Gasteiger partial charge is 0.392 e. The van der Waals surface area contributed by atoms with Crippen LogP contribution in [-0.4, -0.2) is 24.3 Å². The van der Waals surface area contributed by atoms with Crippen LogP contribution in [0.1, 0.15) is 30.9 Å². The minimum Gasteiger partial charge on any atom is -0.392 e. The van der Waals surface area contributed by atoms with Crippen molar-refractivity contribution in [3.05, 3.63) is 35.1 Å². The number of hydrogen-bond donors (Lipinski definition) is 2. The fourth-order valence-electron chi connectivity index (χ4n) is 2.07. The molecule has 0 amide bonds. The first kappa shape index (κ1) is 16.9. The number of rotatable bonds is 6. The Morgan fingerprint density at radius 1 is 1.30 bits per heavy atom. The van der Waals surface area contributed by atoms with Gasteiger partial charge in [0.15, 0.2) is 0 Å². The third kappa shape index (κ3) is 4.76. The molecule has 20 heavy (non-hydrogen) atoms. The highest BCUT2D eigenvalue weighted by Gasteiger charge is 2.31. The maximum atomic E-state index is 13.6. The molecule has 2 unspecified atom stereocenters. The molecule has 0 bridgehead atoms. The molecule has 1 aromatic rings. The molecule has 0 saturated carbocycles. The van der Waals surface area contributed by atoms with E-state index in [1.54, 1.807) is 14.0 Å². The van der Waals surface area contributed by atoms with E-state index in [-0.39, 0.29) is 11.6 Å². The van der Waals surface area contributed by atoms with Crippen LogP contribution < -0.4 is 5.32 Å². The second-order valence-electron chi connectivity index (χ2n) is 4.83. The van der Waals surface area contributed by atoms with Crippen molar-refractivity contribution in [2.75, 3.05) is 7.05 Å². The average Bonchev–Trinajstić information content (AvgIpc) is 2.34. The zero-order valence-electron chi connectivity index (χ0n) is 11.5. The van der Waals surface area contributed by atoms with Crippen LogP contribution in [0.15, 0.2) is 18.2 Å². The van der Waals surface area contributed by atoms with E-state index in [2.05, 4.69) is 5.32 Å². The van der Waals surface area contributed by atoms with Crippen LogP contribution in [0, 0.1) is 5.82 Å². The van der Waals surface area contributed by atoms with Crippen molar-refractivity contribution in [3.8, 4) is 0 Å². The van der Waals surface area contributed by atoms with Gasteiger partial charge in [-0.15, -0.1) is 0 Å². The van der Waals surface area contributed by atoms with Crippen LogP contribution >= 0.6 is 0 Å². The Balaban J connectivity index is 2.61. The van der Waals surface area contributed by atoms with Gasteiger partial charge in [-0.25, -0.2) is 4.39 Å². The molecule has 0 aromatic heterocycles. The van der Waals surface area contributed by atoms with Gasteiger partial charge in [0.2, 0.25) is 0 Å². The molecule has 0 radical (unpaired) electrons. The van der Waals surface area contributed by atoms with Gasteiger partial charge in [0.1, 0.15) is 5.82 Å². The maximum absolute atomic E-state index is 13.6. The molecule has 0 aliphatic heterocycles. The summed E-state index contributed by atoms with van der Waals surface area (Å²) in [7, 11) is 1.72. The highest BCUT2D eigenvalue weighted by Crippen LogP contribution is 2.30. The third-order valence-corrected chi connectivity index (χ3v) is 3.29. The number of aryl methyl sites for hydroxylation is 1. The molecule has 2 nitrogen and oxygen atoms in total. The van der Waals surface area contributed by atoms with Gasteiger partial charge in [0.25, 0.3) is 0 Å². The third-order valence-electron chi connectivity index (χ3n) is 3.29. The van der Waals surface area contributed by atoms with E-state index >= 15 is 0 Å². The fraction of sp³-hybridized carbons (Fsp3) is 0.571. The summed E-state index contributed by atoms with van der Waals surface area (Å²) in [5, 5.41) is 12.4. The molecule has 2 N–H and O–H groups in total. The normalized spacial score (nSPS) is 15.2. The van der Waals surface area contributed by atoms with E-state index in [4.69, 9.17) is 0 Å². The predicted octanol–water partition coefficient (Wildman–Crippen LogP) is 3.14. The fourth-order valence-corrected chi connectivity index (χ4v) is 2.07. The SMILES string of the molecule is CNC(CCCc1ccc(C(F)(F)F)cc1F)C(C)O. The minimum atomic E-state index is -4.52. The predicted molar refractivity (Wildman–Crippen MR) is 68.9 cm³/mol. The van der Waals surface area contributed by atoms with Crippen LogP contribution in [0.5, 0.6) is 0 Å². The monoisotopic (exact) mass is 293 g/mol. The quantitative estimate of drug-likeness (QED) is 0.790. The first-order valence-electron chi connectivity index (χ1n) is 6.46. The van der Waals surface area contributed by atoms with E-state index < -0.39 is 23.7 Å². The Hall–Kier alpha value is -1.14. The summed E-state index contributed by atoms with van der Waals surface area (Å²) in [5.41, 5.74) is -0.714. The second-order valence-corrected chi connectivity index (χ2v) is 4.83. The molecule has 1 aromatic carbocycles. The lowest BCUT2D eigenvalue weighted by Gasteiger charge is -2.19. The molecular weight excluding hydrogens is 274 g/mol. The largest absolute Gasteiger partial charge is 0.416 e. The number of hydrogen-bond acceptors (Lipinski definition) is 2. The van der Waals surface area contributed by atoms with Gasteiger partial charge in [-0.05, 0) is 50.9 Å². The van der Waals surface area contributed by atoms with Crippen molar-refractivity contribution in [3.63, 3.8) is 0 Å². The van der Waals surface area contributed by atoms with Crippen molar-refractivity contribution >= 4 is 0 Å². The van der Waals surface area contributed by atoms with Crippen LogP contribution in [0.4, 0.5) is 17.6 Å². The summed E-state index contributed by atoms with van der Waals surface area (Å²) < 4.78 is 50.7. The summed E-state index contributed by atoms with van der Waals surface area (Å²) in [6, 6.07) is 2.49. The maximum Gasteiger partial charge on any atom is 0.416 e. The number of likely N-dealkylation sites (N-methyl/N-ethyl adjacent to an activating group) is 1. The van der Waals surface area contributed by atoms with Gasteiger partial charge in [0, 0.05) is 6.04 Å². The van der Waals surface area contributed by atoms with E-state index in [1.165, 1.54) is 6.07 Å². The summed E-state index contributed by atoms with van der Waals surface area (Å²) in [6.07, 6.45) is -3.51. The number of aliphatic hydroxyl groups is 1. The van der Waals surface area contributed by atoms with Crippen LogP contribution in [-0.2, 0) is 12.6 Å². The first-order chi connectivity index (χ1) is 9.25. The standard InChI is InChI=1S/C14H19F4NO/c1-9(20)13(19-2)5-3-4-10-6-7-11(8-12(10)15)14(16,17)18/h6-9,13,19-20H,3-5H2,1-2H3. The van der Waals surface area contributed by atoms with E-state index in [0.29, 0.717) is 25.3 Å². The van der Waals surface area contributed by atoms with E-state index in [0.717, 1.165) is 6.07 Å². The summed E-state index contributed by atoms with van der Waals surface area (Å²) in [5.74, 6) is -0.835. The molecule has 0 spiro atoms. The Morgan fingerprint density at radius 2 is 1.95 bits per heavy atom. The number of alkyl halides is 3. The van der Waals surface area contributed by atoms with E-state index in [9.17, 15) is 22.7 Å². The molecule has 0 fully saturated rings. The molecule has 0 saturated heterocycles. The molecule has 6 heteroatoms. The minimum absolute atomic E-state index is 0.104. The van der Waals surface area contributed by atoms with Crippen molar-refractivity contribution in [2.24, 2.45) is 0 Å². The van der Waals surface area contributed by atoms with Crippen molar-refractivity contribution < 1.29 is 22.7 Å². The zero-order chi connectivity index (χ0) is 15.3. The Morgan fingerprint density at radius 3 is 2.40 bits per heavy atom. The molecular formula is C14H19F4NO. The Kier molecular flexibility index (Phi) is 5.95. The van der Waals surface area contributed by atoms with Gasteiger partial charge in [-0.1, -0.05) is 6.07 Å². The lowest BCUT2D eigenvalue weighted by atomic mass is 10.0. The number of halogens is 4. The van der Waals surface area contributed by atoms with Gasteiger partial charge < -0.3 is 10.4 Å². The van der Waals surface area contributed by atoms with Gasteiger partial charge in [0.05, 0.1) is 11.7 Å². The van der Waals surface area contributed by atoms with E-state index in [1.807, 2.05) is 0 Å². The van der Waals surface area contributed by atoms with Crippen molar-refractivity contribution in [2.45, 2.75) is 44.5 Å². The van der Waals surface area contributed by atoms with Crippen LogP contribution in [0.3, 0.4) is 0 Å².